The third-order valence-corrected chi connectivity index (χ3v) is 5.39. The van der Waals surface area contributed by atoms with E-state index >= 15 is 0 Å². The van der Waals surface area contributed by atoms with Gasteiger partial charge in [0, 0.05) is 6.54 Å². The number of ether oxygens (including phenoxy) is 1. The first-order valence-electron chi connectivity index (χ1n) is 9.53. The minimum absolute atomic E-state index is 0.0826. The number of benzene rings is 2. The lowest BCUT2D eigenvalue weighted by Crippen LogP contribution is -2.47. The number of anilines is 1. The van der Waals surface area contributed by atoms with Crippen LogP contribution in [0.3, 0.4) is 0 Å². The minimum Gasteiger partial charge on any atom is -0.489 e. The number of para-hydroxylation sites is 2. The summed E-state index contributed by atoms with van der Waals surface area (Å²) in [6.45, 7) is 5.25. The molecule has 2 aliphatic rings. The van der Waals surface area contributed by atoms with Gasteiger partial charge in [-0.2, -0.15) is 0 Å². The minimum atomic E-state index is -0.0826. The van der Waals surface area contributed by atoms with Gasteiger partial charge in [-0.05, 0) is 43.0 Å². The Hall–Kier alpha value is -2.33. The van der Waals surface area contributed by atoms with Crippen LogP contribution < -0.4 is 9.64 Å². The highest BCUT2D eigenvalue weighted by molar-refractivity contribution is 5.97. The number of nitrogens with zero attached hydrogens (tertiary/aromatic N) is 2. The smallest absolute Gasteiger partial charge is 0.241 e. The zero-order valence-electron chi connectivity index (χ0n) is 15.3. The molecule has 2 aromatic carbocycles. The lowest BCUT2D eigenvalue weighted by atomic mass is 10.00. The highest BCUT2D eigenvalue weighted by Gasteiger charge is 2.34. The van der Waals surface area contributed by atoms with Crippen molar-refractivity contribution in [1.29, 1.82) is 0 Å². The van der Waals surface area contributed by atoms with Crippen LogP contribution in [-0.2, 0) is 4.79 Å². The molecule has 2 aromatic rings. The Morgan fingerprint density at radius 1 is 1.12 bits per heavy atom. The van der Waals surface area contributed by atoms with Crippen LogP contribution >= 0.6 is 0 Å². The molecule has 0 radical (unpaired) electrons. The summed E-state index contributed by atoms with van der Waals surface area (Å²) in [5, 5.41) is 0. The molecular weight excluding hydrogens is 324 g/mol. The van der Waals surface area contributed by atoms with Crippen LogP contribution in [0.15, 0.2) is 54.6 Å². The molecule has 2 aliphatic heterocycles. The highest BCUT2D eigenvalue weighted by atomic mass is 16.5. The average Bonchev–Trinajstić information content (AvgIpc) is 2.67. The van der Waals surface area contributed by atoms with Crippen LogP contribution in [-0.4, -0.2) is 37.0 Å². The van der Waals surface area contributed by atoms with Gasteiger partial charge in [-0.1, -0.05) is 49.4 Å². The normalized spacial score (nSPS) is 23.2. The molecule has 26 heavy (non-hydrogen) atoms. The number of hydrogen-bond acceptors (Lipinski definition) is 3. The summed E-state index contributed by atoms with van der Waals surface area (Å²) >= 11 is 0. The molecular formula is C22H26N2O2. The van der Waals surface area contributed by atoms with Crippen LogP contribution in [0.2, 0.25) is 0 Å². The van der Waals surface area contributed by atoms with E-state index in [1.54, 1.807) is 0 Å². The van der Waals surface area contributed by atoms with Gasteiger partial charge in [0.05, 0.1) is 18.3 Å². The van der Waals surface area contributed by atoms with Crippen LogP contribution in [0.5, 0.6) is 5.75 Å². The van der Waals surface area contributed by atoms with Gasteiger partial charge < -0.3 is 4.74 Å². The number of amides is 1. The van der Waals surface area contributed by atoms with E-state index in [2.05, 4.69) is 24.0 Å². The third-order valence-electron chi connectivity index (χ3n) is 5.39. The van der Waals surface area contributed by atoms with Crippen molar-refractivity contribution in [3.8, 4) is 5.75 Å². The lowest BCUT2D eigenvalue weighted by Gasteiger charge is -2.39. The average molecular weight is 350 g/mol. The molecule has 0 spiro atoms. The maximum absolute atomic E-state index is 13.3. The maximum Gasteiger partial charge on any atom is 0.241 e. The van der Waals surface area contributed by atoms with Crippen LogP contribution in [0, 0.1) is 5.92 Å². The SMILES string of the molecule is C[C@@H]1CCCN(CC(=O)N2c3ccccc3OC[C@@H]2c2ccccc2)C1. The Morgan fingerprint density at radius 2 is 1.88 bits per heavy atom. The van der Waals surface area contributed by atoms with E-state index in [1.165, 1.54) is 12.8 Å². The number of rotatable bonds is 3. The molecule has 1 amide bonds. The summed E-state index contributed by atoms with van der Waals surface area (Å²) in [5.74, 6) is 1.61. The fourth-order valence-corrected chi connectivity index (χ4v) is 4.12. The van der Waals surface area contributed by atoms with E-state index < -0.39 is 0 Å². The van der Waals surface area contributed by atoms with Gasteiger partial charge in [-0.25, -0.2) is 0 Å². The van der Waals surface area contributed by atoms with Crippen LogP contribution in [0.1, 0.15) is 31.4 Å². The summed E-state index contributed by atoms with van der Waals surface area (Å²) in [6.07, 6.45) is 2.44. The quantitative estimate of drug-likeness (QED) is 0.842. The topological polar surface area (TPSA) is 32.8 Å². The molecule has 0 bridgehead atoms. The number of fused-ring (bicyclic) bond motifs is 1. The monoisotopic (exact) mass is 350 g/mol. The van der Waals surface area contributed by atoms with Gasteiger partial charge in [0.15, 0.2) is 0 Å². The van der Waals surface area contributed by atoms with Gasteiger partial charge in [0.1, 0.15) is 12.4 Å². The molecule has 4 rings (SSSR count). The first kappa shape index (κ1) is 17.1. The van der Waals surface area contributed by atoms with Crippen molar-refractivity contribution >= 4 is 11.6 Å². The molecule has 0 N–H and O–H groups in total. The molecule has 0 saturated carbocycles. The Kier molecular flexibility index (Phi) is 4.93. The second-order valence-corrected chi connectivity index (χ2v) is 7.45. The Morgan fingerprint density at radius 3 is 2.69 bits per heavy atom. The Balaban J connectivity index is 1.63. The molecule has 4 nitrogen and oxygen atoms in total. The number of likely N-dealkylation sites (tertiary alicyclic amines) is 1. The van der Waals surface area contributed by atoms with Crippen molar-refractivity contribution in [3.05, 3.63) is 60.2 Å². The number of carbonyl (C=O) groups excluding carboxylic acids is 1. The number of carbonyl (C=O) groups is 1. The molecule has 2 heterocycles. The van der Waals surface area contributed by atoms with Crippen molar-refractivity contribution in [2.45, 2.75) is 25.8 Å². The molecule has 1 fully saturated rings. The van der Waals surface area contributed by atoms with E-state index in [1.807, 2.05) is 47.4 Å². The first-order chi connectivity index (χ1) is 12.7. The second-order valence-electron chi connectivity index (χ2n) is 7.45. The van der Waals surface area contributed by atoms with Gasteiger partial charge in [-0.15, -0.1) is 0 Å². The van der Waals surface area contributed by atoms with E-state index in [0.29, 0.717) is 19.1 Å². The fourth-order valence-electron chi connectivity index (χ4n) is 4.12. The molecule has 0 unspecified atom stereocenters. The highest BCUT2D eigenvalue weighted by Crippen LogP contribution is 2.39. The fraction of sp³-hybridized carbons (Fsp3) is 0.409. The summed E-state index contributed by atoms with van der Waals surface area (Å²) in [6, 6.07) is 18.0. The zero-order valence-corrected chi connectivity index (χ0v) is 15.3. The van der Waals surface area contributed by atoms with E-state index in [0.717, 1.165) is 30.1 Å². The summed E-state index contributed by atoms with van der Waals surface area (Å²) < 4.78 is 5.97. The second kappa shape index (κ2) is 7.50. The van der Waals surface area contributed by atoms with E-state index in [9.17, 15) is 4.79 Å². The molecule has 0 aliphatic carbocycles. The van der Waals surface area contributed by atoms with Crippen molar-refractivity contribution in [2.24, 2.45) is 5.92 Å². The summed E-state index contributed by atoms with van der Waals surface area (Å²) in [5.41, 5.74) is 1.99. The van der Waals surface area contributed by atoms with E-state index in [-0.39, 0.29) is 11.9 Å². The molecule has 4 heteroatoms. The Labute approximate surface area is 155 Å². The summed E-state index contributed by atoms with van der Waals surface area (Å²) in [4.78, 5) is 17.6. The van der Waals surface area contributed by atoms with Gasteiger partial charge in [-0.3, -0.25) is 14.6 Å². The molecule has 136 valence electrons. The zero-order chi connectivity index (χ0) is 17.9. The molecule has 0 aromatic heterocycles. The number of hydrogen-bond donors (Lipinski definition) is 0. The molecule has 2 atom stereocenters. The predicted octanol–water partition coefficient (Wildman–Crippen LogP) is 3.89. The Bertz CT molecular complexity index is 762. The standard InChI is InChI=1S/C22H26N2O2/c1-17-8-7-13-23(14-17)15-22(25)24-19-11-5-6-12-21(19)26-16-20(24)18-9-3-2-4-10-18/h2-6,9-12,17,20H,7-8,13-16H2,1H3/t17-,20-/m1/s1. The molecule has 1 saturated heterocycles. The van der Waals surface area contributed by atoms with Gasteiger partial charge >= 0.3 is 0 Å². The first-order valence-corrected chi connectivity index (χ1v) is 9.53. The van der Waals surface area contributed by atoms with Crippen LogP contribution in [0.4, 0.5) is 5.69 Å². The van der Waals surface area contributed by atoms with Gasteiger partial charge in [0.2, 0.25) is 5.91 Å². The predicted molar refractivity (Wildman–Crippen MR) is 103 cm³/mol. The maximum atomic E-state index is 13.3. The van der Waals surface area contributed by atoms with Crippen molar-refractivity contribution in [1.82, 2.24) is 4.90 Å². The van der Waals surface area contributed by atoms with Crippen molar-refractivity contribution in [2.75, 3.05) is 31.1 Å². The van der Waals surface area contributed by atoms with Crippen molar-refractivity contribution in [3.63, 3.8) is 0 Å². The van der Waals surface area contributed by atoms with E-state index in [4.69, 9.17) is 4.74 Å². The van der Waals surface area contributed by atoms with Gasteiger partial charge in [0.25, 0.3) is 0 Å². The third kappa shape index (κ3) is 3.47. The largest absolute Gasteiger partial charge is 0.489 e. The summed E-state index contributed by atoms with van der Waals surface area (Å²) in [7, 11) is 0. The van der Waals surface area contributed by atoms with Crippen molar-refractivity contribution < 1.29 is 9.53 Å². The lowest BCUT2D eigenvalue weighted by molar-refractivity contribution is -0.121. The van der Waals surface area contributed by atoms with Crippen LogP contribution in [0.25, 0.3) is 0 Å². The number of piperidine rings is 1.